The van der Waals surface area contributed by atoms with Gasteiger partial charge in [0.05, 0.1) is 5.41 Å². The smallest absolute Gasteiger partial charge is 0.135 e. The second kappa shape index (κ2) is 7.27. The van der Waals surface area contributed by atoms with Crippen LogP contribution in [-0.2, 0) is 10.2 Å². The second-order valence-electron chi connectivity index (χ2n) is 6.09. The lowest BCUT2D eigenvalue weighted by Crippen LogP contribution is -2.36. The van der Waals surface area contributed by atoms with Crippen molar-refractivity contribution in [3.63, 3.8) is 0 Å². The van der Waals surface area contributed by atoms with Crippen LogP contribution in [-0.4, -0.2) is 6.29 Å². The maximum Gasteiger partial charge on any atom is 0.135 e. The van der Waals surface area contributed by atoms with Gasteiger partial charge < -0.3 is 4.79 Å². The molecule has 3 aromatic rings. The molecule has 0 saturated heterocycles. The van der Waals surface area contributed by atoms with Crippen molar-refractivity contribution in [1.82, 2.24) is 0 Å². The summed E-state index contributed by atoms with van der Waals surface area (Å²) in [5, 5.41) is 0. The average Bonchev–Trinajstić information content (AvgIpc) is 2.68. The summed E-state index contributed by atoms with van der Waals surface area (Å²) in [7, 11) is 0. The van der Waals surface area contributed by atoms with E-state index in [9.17, 15) is 4.79 Å². The zero-order valence-electron chi connectivity index (χ0n) is 13.9. The molecule has 0 heterocycles. The Morgan fingerprint density at radius 3 is 1.54 bits per heavy atom. The molecule has 1 atom stereocenters. The summed E-state index contributed by atoms with van der Waals surface area (Å²) in [6.45, 7) is 2.15. The van der Waals surface area contributed by atoms with E-state index in [1.165, 1.54) is 5.56 Å². The minimum atomic E-state index is -0.682. The highest BCUT2D eigenvalue weighted by Gasteiger charge is 2.41. The number of aldehydes is 1. The van der Waals surface area contributed by atoms with E-state index in [1.54, 1.807) is 0 Å². The van der Waals surface area contributed by atoms with E-state index < -0.39 is 5.41 Å². The number of hydrogen-bond donors (Lipinski definition) is 0. The third-order valence-corrected chi connectivity index (χ3v) is 4.85. The quantitative estimate of drug-likeness (QED) is 0.559. The first-order valence-electron chi connectivity index (χ1n) is 8.45. The highest BCUT2D eigenvalue weighted by Crippen LogP contribution is 2.44. The lowest BCUT2D eigenvalue weighted by atomic mass is 9.63. The van der Waals surface area contributed by atoms with Gasteiger partial charge in [0.1, 0.15) is 6.29 Å². The number of carbonyl (C=O) groups excluding carboxylic acids is 1. The molecule has 0 bridgehead atoms. The first-order valence-corrected chi connectivity index (χ1v) is 8.45. The Bertz CT molecular complexity index is 723. The normalized spacial score (nSPS) is 12.5. The molecule has 0 radical (unpaired) electrons. The molecule has 3 aromatic carbocycles. The SMILES string of the molecule is CC[C@@H](c1ccccc1)C(C=O)(c1ccccc1)c1ccccc1. The van der Waals surface area contributed by atoms with E-state index in [1.807, 2.05) is 54.6 Å². The van der Waals surface area contributed by atoms with Gasteiger partial charge in [-0.3, -0.25) is 0 Å². The monoisotopic (exact) mass is 314 g/mol. The molecule has 0 aliphatic rings. The molecule has 120 valence electrons. The van der Waals surface area contributed by atoms with Crippen LogP contribution in [0.3, 0.4) is 0 Å². The van der Waals surface area contributed by atoms with Crippen molar-refractivity contribution in [2.45, 2.75) is 24.7 Å². The van der Waals surface area contributed by atoms with Gasteiger partial charge in [0, 0.05) is 5.92 Å². The third kappa shape index (κ3) is 2.78. The Labute approximate surface area is 144 Å². The van der Waals surface area contributed by atoms with Crippen molar-refractivity contribution in [2.24, 2.45) is 0 Å². The van der Waals surface area contributed by atoms with Crippen LogP contribution >= 0.6 is 0 Å². The average molecular weight is 314 g/mol. The Hall–Kier alpha value is -2.67. The zero-order chi connectivity index (χ0) is 16.8. The zero-order valence-corrected chi connectivity index (χ0v) is 13.9. The molecule has 0 N–H and O–H groups in total. The summed E-state index contributed by atoms with van der Waals surface area (Å²) in [5.74, 6) is 0.0843. The number of carbonyl (C=O) groups is 1. The molecule has 1 heteroatoms. The maximum absolute atomic E-state index is 12.6. The summed E-state index contributed by atoms with van der Waals surface area (Å²) in [6.07, 6.45) is 2.02. The van der Waals surface area contributed by atoms with Gasteiger partial charge in [-0.2, -0.15) is 0 Å². The summed E-state index contributed by atoms with van der Waals surface area (Å²) >= 11 is 0. The topological polar surface area (TPSA) is 17.1 Å². The van der Waals surface area contributed by atoms with Crippen LogP contribution in [0.4, 0.5) is 0 Å². The van der Waals surface area contributed by atoms with Gasteiger partial charge in [-0.15, -0.1) is 0 Å². The Morgan fingerprint density at radius 2 is 1.17 bits per heavy atom. The number of benzene rings is 3. The standard InChI is InChI=1S/C23H22O/c1-2-22(19-12-6-3-7-13-19)23(18-24,20-14-8-4-9-15-20)21-16-10-5-11-17-21/h3-18,22H,2H2,1H3/t22-/m0/s1. The molecule has 0 amide bonds. The van der Waals surface area contributed by atoms with Crippen LogP contribution in [0.5, 0.6) is 0 Å². The van der Waals surface area contributed by atoms with Gasteiger partial charge in [0.25, 0.3) is 0 Å². The molecule has 0 aromatic heterocycles. The summed E-state index contributed by atoms with van der Waals surface area (Å²) < 4.78 is 0. The number of hydrogen-bond acceptors (Lipinski definition) is 1. The second-order valence-corrected chi connectivity index (χ2v) is 6.09. The lowest BCUT2D eigenvalue weighted by molar-refractivity contribution is -0.112. The van der Waals surface area contributed by atoms with Crippen molar-refractivity contribution in [3.05, 3.63) is 108 Å². The first kappa shape index (κ1) is 16.2. The van der Waals surface area contributed by atoms with Gasteiger partial charge in [-0.25, -0.2) is 0 Å². The molecule has 3 rings (SSSR count). The predicted octanol–water partition coefficient (Wildman–Crippen LogP) is 5.37. The Morgan fingerprint density at radius 1 is 0.750 bits per heavy atom. The minimum Gasteiger partial charge on any atom is -0.302 e. The molecule has 24 heavy (non-hydrogen) atoms. The van der Waals surface area contributed by atoms with E-state index in [4.69, 9.17) is 0 Å². The fourth-order valence-corrected chi connectivity index (χ4v) is 3.72. The highest BCUT2D eigenvalue weighted by atomic mass is 16.1. The van der Waals surface area contributed by atoms with Crippen molar-refractivity contribution in [3.8, 4) is 0 Å². The van der Waals surface area contributed by atoms with Crippen molar-refractivity contribution in [1.29, 1.82) is 0 Å². The Balaban J connectivity index is 2.27. The summed E-state index contributed by atoms with van der Waals surface area (Å²) in [5.41, 5.74) is 2.60. The fraction of sp³-hybridized carbons (Fsp3) is 0.174. The molecule has 0 aliphatic carbocycles. The molecule has 1 nitrogen and oxygen atoms in total. The van der Waals surface area contributed by atoms with E-state index in [0.717, 1.165) is 23.8 Å². The van der Waals surface area contributed by atoms with Gasteiger partial charge in [0.2, 0.25) is 0 Å². The molecule has 0 saturated carbocycles. The summed E-state index contributed by atoms with van der Waals surface area (Å²) in [4.78, 5) is 12.6. The van der Waals surface area contributed by atoms with E-state index in [0.29, 0.717) is 0 Å². The van der Waals surface area contributed by atoms with Gasteiger partial charge in [-0.1, -0.05) is 97.9 Å². The minimum absolute atomic E-state index is 0.0843. The van der Waals surface area contributed by atoms with Crippen LogP contribution in [0.1, 0.15) is 36.0 Å². The van der Waals surface area contributed by atoms with E-state index >= 15 is 0 Å². The molecular weight excluding hydrogens is 292 g/mol. The van der Waals surface area contributed by atoms with Gasteiger partial charge >= 0.3 is 0 Å². The lowest BCUT2D eigenvalue weighted by Gasteiger charge is -2.37. The summed E-state index contributed by atoms with van der Waals surface area (Å²) in [6, 6.07) is 30.6. The van der Waals surface area contributed by atoms with Crippen LogP contribution in [0, 0.1) is 0 Å². The first-order chi connectivity index (χ1) is 11.8. The molecule has 0 unspecified atom stereocenters. The van der Waals surface area contributed by atoms with Crippen molar-refractivity contribution < 1.29 is 4.79 Å². The third-order valence-electron chi connectivity index (χ3n) is 4.85. The Kier molecular flexibility index (Phi) is 4.90. The largest absolute Gasteiger partial charge is 0.302 e. The van der Waals surface area contributed by atoms with Crippen molar-refractivity contribution >= 4 is 6.29 Å². The maximum atomic E-state index is 12.6. The van der Waals surface area contributed by atoms with Crippen LogP contribution in [0.2, 0.25) is 0 Å². The van der Waals surface area contributed by atoms with Crippen molar-refractivity contribution in [2.75, 3.05) is 0 Å². The van der Waals surface area contributed by atoms with Crippen LogP contribution in [0.15, 0.2) is 91.0 Å². The molecule has 0 aliphatic heterocycles. The van der Waals surface area contributed by atoms with Crippen LogP contribution in [0.25, 0.3) is 0 Å². The molecule has 0 spiro atoms. The van der Waals surface area contributed by atoms with E-state index in [-0.39, 0.29) is 5.92 Å². The number of rotatable bonds is 6. The van der Waals surface area contributed by atoms with E-state index in [2.05, 4.69) is 43.3 Å². The van der Waals surface area contributed by atoms with Gasteiger partial charge in [-0.05, 0) is 23.1 Å². The fourth-order valence-electron chi connectivity index (χ4n) is 3.72. The van der Waals surface area contributed by atoms with Gasteiger partial charge in [0.15, 0.2) is 0 Å². The molecular formula is C23H22O. The predicted molar refractivity (Wildman–Crippen MR) is 99.2 cm³/mol. The van der Waals surface area contributed by atoms with Crippen LogP contribution < -0.4 is 0 Å². The molecule has 0 fully saturated rings. The highest BCUT2D eigenvalue weighted by molar-refractivity contribution is 5.77.